The van der Waals surface area contributed by atoms with E-state index in [4.69, 9.17) is 20.3 Å². The number of benzene rings is 1. The number of carbonyl (C=O) groups excluding carboxylic acids is 1. The molecule has 1 aliphatic rings. The molecule has 0 aromatic heterocycles. The number of aliphatic hydroxyl groups excluding tert-OH is 1. The first kappa shape index (κ1) is 13.6. The van der Waals surface area contributed by atoms with Crippen molar-refractivity contribution in [2.45, 2.75) is 19.1 Å². The van der Waals surface area contributed by atoms with E-state index < -0.39 is 12.0 Å². The van der Waals surface area contributed by atoms with Crippen LogP contribution in [0.2, 0.25) is 0 Å². The Morgan fingerprint density at radius 2 is 2.42 bits per heavy atom. The fourth-order valence-electron chi connectivity index (χ4n) is 1.87. The molecular weight excluding hydrogens is 248 g/mol. The van der Waals surface area contributed by atoms with Gasteiger partial charge in [0.05, 0.1) is 13.2 Å². The largest absolute Gasteiger partial charge is 0.489 e. The Morgan fingerprint density at radius 1 is 1.58 bits per heavy atom. The van der Waals surface area contributed by atoms with E-state index in [1.54, 1.807) is 12.1 Å². The Balaban J connectivity index is 2.17. The highest BCUT2D eigenvalue weighted by Gasteiger charge is 2.24. The molecule has 2 rings (SSSR count). The number of ether oxygens (including phenoxy) is 2. The first-order valence-electron chi connectivity index (χ1n) is 6.15. The monoisotopic (exact) mass is 265 g/mol. The number of nitrogens with two attached hydrogens (primary N) is 1. The minimum absolute atomic E-state index is 0.0693. The fourth-order valence-corrected chi connectivity index (χ4v) is 1.87. The lowest BCUT2D eigenvalue weighted by Crippen LogP contribution is -2.33. The summed E-state index contributed by atoms with van der Waals surface area (Å²) >= 11 is 0. The SMILES string of the molecule is NC(=O)C1CCOc2c(CNCCO)c[c]cc2O1. The Kier molecular flexibility index (Phi) is 4.59. The lowest BCUT2D eigenvalue weighted by atomic mass is 10.2. The second-order valence-electron chi connectivity index (χ2n) is 4.22. The van der Waals surface area contributed by atoms with Crippen LogP contribution in [-0.2, 0) is 11.3 Å². The molecule has 1 amide bonds. The van der Waals surface area contributed by atoms with Gasteiger partial charge in [-0.15, -0.1) is 0 Å². The number of carbonyl (C=O) groups is 1. The van der Waals surface area contributed by atoms with Gasteiger partial charge in [0.2, 0.25) is 0 Å². The molecule has 1 radical (unpaired) electrons. The number of hydrogen-bond acceptors (Lipinski definition) is 5. The van der Waals surface area contributed by atoms with Gasteiger partial charge in [0.25, 0.3) is 5.91 Å². The van der Waals surface area contributed by atoms with E-state index in [2.05, 4.69) is 11.4 Å². The van der Waals surface area contributed by atoms with Gasteiger partial charge in [-0.25, -0.2) is 0 Å². The van der Waals surface area contributed by atoms with Crippen LogP contribution in [0.4, 0.5) is 0 Å². The molecule has 6 nitrogen and oxygen atoms in total. The molecule has 6 heteroatoms. The van der Waals surface area contributed by atoms with Crippen LogP contribution in [0, 0.1) is 6.07 Å². The zero-order valence-corrected chi connectivity index (χ0v) is 10.5. The molecule has 0 saturated carbocycles. The molecule has 0 aliphatic carbocycles. The third-order valence-electron chi connectivity index (χ3n) is 2.80. The molecule has 1 atom stereocenters. The summed E-state index contributed by atoms with van der Waals surface area (Å²) in [4.78, 5) is 11.2. The maximum atomic E-state index is 11.2. The summed E-state index contributed by atoms with van der Waals surface area (Å²) in [7, 11) is 0. The Bertz CT molecular complexity index is 450. The number of aliphatic hydroxyl groups is 1. The van der Waals surface area contributed by atoms with Crippen LogP contribution in [0.1, 0.15) is 12.0 Å². The van der Waals surface area contributed by atoms with Gasteiger partial charge in [-0.05, 0) is 18.2 Å². The van der Waals surface area contributed by atoms with E-state index in [-0.39, 0.29) is 6.61 Å². The predicted molar refractivity (Wildman–Crippen MR) is 67.8 cm³/mol. The number of hydrogen-bond donors (Lipinski definition) is 3. The van der Waals surface area contributed by atoms with Crippen LogP contribution >= 0.6 is 0 Å². The molecule has 0 spiro atoms. The highest BCUT2D eigenvalue weighted by molar-refractivity contribution is 5.79. The van der Waals surface area contributed by atoms with E-state index in [1.807, 2.05) is 0 Å². The molecule has 19 heavy (non-hydrogen) atoms. The summed E-state index contributed by atoms with van der Waals surface area (Å²) in [6.45, 7) is 1.47. The van der Waals surface area contributed by atoms with Gasteiger partial charge >= 0.3 is 0 Å². The molecular formula is C13H17N2O4. The summed E-state index contributed by atoms with van der Waals surface area (Å²) in [6, 6.07) is 6.36. The molecule has 103 valence electrons. The summed E-state index contributed by atoms with van der Waals surface area (Å²) < 4.78 is 11.2. The van der Waals surface area contributed by atoms with Crippen molar-refractivity contribution in [1.82, 2.24) is 5.32 Å². The molecule has 0 bridgehead atoms. The molecule has 0 fully saturated rings. The van der Waals surface area contributed by atoms with Crippen LogP contribution in [0.5, 0.6) is 11.5 Å². The van der Waals surface area contributed by atoms with Gasteiger partial charge in [0.15, 0.2) is 17.6 Å². The first-order chi connectivity index (χ1) is 9.22. The lowest BCUT2D eigenvalue weighted by Gasteiger charge is -2.14. The highest BCUT2D eigenvalue weighted by atomic mass is 16.5. The highest BCUT2D eigenvalue weighted by Crippen LogP contribution is 2.34. The third kappa shape index (κ3) is 3.36. The third-order valence-corrected chi connectivity index (χ3v) is 2.80. The second-order valence-corrected chi connectivity index (χ2v) is 4.22. The van der Waals surface area contributed by atoms with E-state index in [1.165, 1.54) is 0 Å². The van der Waals surface area contributed by atoms with Crippen molar-refractivity contribution in [3.8, 4) is 11.5 Å². The number of nitrogens with one attached hydrogen (secondary N) is 1. The van der Waals surface area contributed by atoms with Crippen molar-refractivity contribution in [3.05, 3.63) is 23.8 Å². The Labute approximate surface area is 111 Å². The first-order valence-corrected chi connectivity index (χ1v) is 6.15. The van der Waals surface area contributed by atoms with Crippen molar-refractivity contribution in [2.24, 2.45) is 5.73 Å². The average molecular weight is 265 g/mol. The van der Waals surface area contributed by atoms with Crippen molar-refractivity contribution in [1.29, 1.82) is 0 Å². The molecule has 1 unspecified atom stereocenters. The quantitative estimate of drug-likeness (QED) is 0.629. The zero-order chi connectivity index (χ0) is 13.7. The fraction of sp³-hybridized carbons (Fsp3) is 0.462. The average Bonchev–Trinajstić information content (AvgIpc) is 2.62. The number of rotatable bonds is 5. The van der Waals surface area contributed by atoms with Gasteiger partial charge in [-0.1, -0.05) is 0 Å². The molecule has 1 aromatic carbocycles. The smallest absolute Gasteiger partial charge is 0.258 e. The van der Waals surface area contributed by atoms with Crippen LogP contribution in [0.25, 0.3) is 0 Å². The van der Waals surface area contributed by atoms with Crippen molar-refractivity contribution in [3.63, 3.8) is 0 Å². The van der Waals surface area contributed by atoms with Gasteiger partial charge in [-0.3, -0.25) is 4.79 Å². The van der Waals surface area contributed by atoms with Gasteiger partial charge in [0, 0.05) is 25.1 Å². The van der Waals surface area contributed by atoms with Crippen molar-refractivity contribution in [2.75, 3.05) is 19.8 Å². The van der Waals surface area contributed by atoms with E-state index in [0.717, 1.165) is 5.56 Å². The minimum atomic E-state index is -0.671. The van der Waals surface area contributed by atoms with Crippen molar-refractivity contribution >= 4 is 5.91 Å². The standard InChI is InChI=1S/C13H17N2O4/c14-13(17)11-4-7-18-12-9(8-15-5-6-16)2-1-3-10(12)19-11/h2-3,11,15-16H,4-8H2,(H2,14,17). The summed E-state index contributed by atoms with van der Waals surface area (Å²) in [5, 5.41) is 11.8. The van der Waals surface area contributed by atoms with Gasteiger partial charge in [-0.2, -0.15) is 0 Å². The predicted octanol–water partition coefficient (Wildman–Crippen LogP) is -0.416. The van der Waals surface area contributed by atoms with Gasteiger partial charge in [0.1, 0.15) is 0 Å². The van der Waals surface area contributed by atoms with Crippen LogP contribution in [0.15, 0.2) is 12.1 Å². The normalized spacial score (nSPS) is 17.8. The van der Waals surface area contributed by atoms with Crippen LogP contribution < -0.4 is 20.5 Å². The summed E-state index contributed by atoms with van der Waals surface area (Å²) in [6.07, 6.45) is -0.247. The second kappa shape index (κ2) is 6.40. The summed E-state index contributed by atoms with van der Waals surface area (Å²) in [5.74, 6) is 0.581. The Hall–Kier alpha value is -1.79. The lowest BCUT2D eigenvalue weighted by molar-refractivity contribution is -0.124. The van der Waals surface area contributed by atoms with Crippen LogP contribution in [-0.4, -0.2) is 36.9 Å². The zero-order valence-electron chi connectivity index (χ0n) is 10.5. The molecule has 1 heterocycles. The summed E-state index contributed by atoms with van der Waals surface area (Å²) in [5.41, 5.74) is 6.13. The molecule has 4 N–H and O–H groups in total. The maximum absolute atomic E-state index is 11.2. The van der Waals surface area contributed by atoms with E-state index in [9.17, 15) is 4.79 Å². The Morgan fingerprint density at radius 3 is 3.16 bits per heavy atom. The molecule has 0 saturated heterocycles. The van der Waals surface area contributed by atoms with E-state index in [0.29, 0.717) is 37.6 Å². The van der Waals surface area contributed by atoms with Crippen LogP contribution in [0.3, 0.4) is 0 Å². The number of fused-ring (bicyclic) bond motifs is 1. The topological polar surface area (TPSA) is 93.8 Å². The number of amides is 1. The maximum Gasteiger partial charge on any atom is 0.258 e. The van der Waals surface area contributed by atoms with E-state index >= 15 is 0 Å². The number of primary amides is 1. The minimum Gasteiger partial charge on any atom is -0.489 e. The molecule has 1 aromatic rings. The van der Waals surface area contributed by atoms with Crippen molar-refractivity contribution < 1.29 is 19.4 Å². The van der Waals surface area contributed by atoms with Gasteiger partial charge < -0.3 is 25.6 Å². The molecule has 1 aliphatic heterocycles.